The molecule has 6 heteroatoms. The standard InChI is InChI=1S/C12H20N4O2/c1-12(17)4-6-16(7-5-12)11-15-14-10(18-11)8-13-9-2-3-9/h9,13,17H,2-8H2,1H3. The van der Waals surface area contributed by atoms with Gasteiger partial charge in [-0.1, -0.05) is 5.10 Å². The first-order valence-electron chi connectivity index (χ1n) is 6.65. The van der Waals surface area contributed by atoms with Gasteiger partial charge in [0.15, 0.2) is 0 Å². The van der Waals surface area contributed by atoms with Gasteiger partial charge in [-0.2, -0.15) is 0 Å². The second-order valence-corrected chi connectivity index (χ2v) is 5.62. The molecule has 1 aromatic rings. The van der Waals surface area contributed by atoms with Crippen molar-refractivity contribution in [2.24, 2.45) is 0 Å². The van der Waals surface area contributed by atoms with Gasteiger partial charge in [0.05, 0.1) is 12.1 Å². The van der Waals surface area contributed by atoms with Crippen LogP contribution in [-0.4, -0.2) is 40.0 Å². The van der Waals surface area contributed by atoms with E-state index in [2.05, 4.69) is 15.5 Å². The molecule has 0 radical (unpaired) electrons. The Bertz CT molecular complexity index is 404. The summed E-state index contributed by atoms with van der Waals surface area (Å²) in [5.41, 5.74) is -0.549. The average Bonchev–Trinajstić information content (AvgIpc) is 3.05. The highest BCUT2D eigenvalue weighted by Crippen LogP contribution is 2.25. The van der Waals surface area contributed by atoms with Gasteiger partial charge in [0.1, 0.15) is 0 Å². The summed E-state index contributed by atoms with van der Waals surface area (Å²) in [4.78, 5) is 2.05. The summed E-state index contributed by atoms with van der Waals surface area (Å²) < 4.78 is 5.63. The molecule has 1 aliphatic heterocycles. The van der Waals surface area contributed by atoms with Crippen LogP contribution < -0.4 is 10.2 Å². The van der Waals surface area contributed by atoms with Crippen LogP contribution in [-0.2, 0) is 6.54 Å². The van der Waals surface area contributed by atoms with Gasteiger partial charge in [-0.3, -0.25) is 0 Å². The third-order valence-corrected chi connectivity index (χ3v) is 3.69. The lowest BCUT2D eigenvalue weighted by Gasteiger charge is -2.34. The number of piperidine rings is 1. The van der Waals surface area contributed by atoms with E-state index < -0.39 is 5.60 Å². The maximum Gasteiger partial charge on any atom is 0.318 e. The Kier molecular flexibility index (Phi) is 2.99. The molecule has 3 rings (SSSR count). The zero-order valence-electron chi connectivity index (χ0n) is 10.7. The van der Waals surface area contributed by atoms with Gasteiger partial charge in [0.2, 0.25) is 5.89 Å². The predicted molar refractivity (Wildman–Crippen MR) is 66.2 cm³/mol. The summed E-state index contributed by atoms with van der Waals surface area (Å²) in [6, 6.07) is 1.23. The zero-order valence-corrected chi connectivity index (χ0v) is 10.7. The van der Waals surface area contributed by atoms with Crippen molar-refractivity contribution in [3.05, 3.63) is 5.89 Å². The van der Waals surface area contributed by atoms with Crippen molar-refractivity contribution in [3.8, 4) is 0 Å². The molecule has 2 aliphatic rings. The monoisotopic (exact) mass is 252 g/mol. The van der Waals surface area contributed by atoms with Crippen LogP contribution in [0.25, 0.3) is 0 Å². The molecule has 0 aromatic carbocycles. The van der Waals surface area contributed by atoms with Crippen molar-refractivity contribution in [2.45, 2.75) is 50.8 Å². The maximum atomic E-state index is 9.89. The van der Waals surface area contributed by atoms with Gasteiger partial charge < -0.3 is 19.7 Å². The van der Waals surface area contributed by atoms with E-state index in [1.165, 1.54) is 12.8 Å². The SMILES string of the molecule is CC1(O)CCN(c2nnc(CNC3CC3)o2)CC1. The first-order chi connectivity index (χ1) is 8.62. The minimum absolute atomic E-state index is 0.549. The van der Waals surface area contributed by atoms with Gasteiger partial charge in [-0.05, 0) is 32.6 Å². The highest BCUT2D eigenvalue weighted by molar-refractivity contribution is 5.25. The molecule has 0 bridgehead atoms. The van der Waals surface area contributed by atoms with E-state index in [1.807, 2.05) is 11.8 Å². The molecule has 2 N–H and O–H groups in total. The van der Waals surface area contributed by atoms with Crippen molar-refractivity contribution >= 4 is 6.01 Å². The average molecular weight is 252 g/mol. The number of hydrogen-bond acceptors (Lipinski definition) is 6. The largest absolute Gasteiger partial charge is 0.407 e. The van der Waals surface area contributed by atoms with Gasteiger partial charge in [-0.15, -0.1) is 5.10 Å². The van der Waals surface area contributed by atoms with E-state index in [9.17, 15) is 5.11 Å². The second-order valence-electron chi connectivity index (χ2n) is 5.62. The second kappa shape index (κ2) is 4.51. The van der Waals surface area contributed by atoms with Crippen LogP contribution in [0.5, 0.6) is 0 Å². The molecule has 0 amide bonds. The van der Waals surface area contributed by atoms with Gasteiger partial charge in [0.25, 0.3) is 0 Å². The topological polar surface area (TPSA) is 74.4 Å². The summed E-state index contributed by atoms with van der Waals surface area (Å²) in [5, 5.41) is 21.4. The molecule has 2 heterocycles. The number of nitrogens with one attached hydrogen (secondary N) is 1. The quantitative estimate of drug-likeness (QED) is 0.820. The first kappa shape index (κ1) is 11.9. The Balaban J connectivity index is 1.55. The molecule has 6 nitrogen and oxygen atoms in total. The van der Waals surface area contributed by atoms with Gasteiger partial charge >= 0.3 is 6.01 Å². The molecule has 1 aromatic heterocycles. The number of anilines is 1. The first-order valence-corrected chi connectivity index (χ1v) is 6.65. The van der Waals surface area contributed by atoms with Crippen molar-refractivity contribution in [1.29, 1.82) is 0 Å². The number of aliphatic hydroxyl groups is 1. The molecule has 18 heavy (non-hydrogen) atoms. The normalized spacial score (nSPS) is 23.3. The Morgan fingerprint density at radius 1 is 1.39 bits per heavy atom. The number of nitrogens with zero attached hydrogens (tertiary/aromatic N) is 3. The van der Waals surface area contributed by atoms with E-state index in [0.29, 0.717) is 24.5 Å². The van der Waals surface area contributed by atoms with Crippen LogP contribution in [0.15, 0.2) is 4.42 Å². The van der Waals surface area contributed by atoms with Crippen molar-refractivity contribution in [1.82, 2.24) is 15.5 Å². The van der Waals surface area contributed by atoms with Crippen LogP contribution in [0.2, 0.25) is 0 Å². The van der Waals surface area contributed by atoms with Crippen LogP contribution in [0, 0.1) is 0 Å². The molecule has 1 aliphatic carbocycles. The van der Waals surface area contributed by atoms with Crippen LogP contribution >= 0.6 is 0 Å². The summed E-state index contributed by atoms with van der Waals surface area (Å²) >= 11 is 0. The minimum Gasteiger partial charge on any atom is -0.407 e. The minimum atomic E-state index is -0.549. The number of rotatable bonds is 4. The molecular weight excluding hydrogens is 232 g/mol. The van der Waals surface area contributed by atoms with Crippen molar-refractivity contribution < 1.29 is 9.52 Å². The maximum absolute atomic E-state index is 9.89. The Labute approximate surface area is 106 Å². The lowest BCUT2D eigenvalue weighted by molar-refractivity contribution is 0.0343. The Morgan fingerprint density at radius 3 is 2.78 bits per heavy atom. The Morgan fingerprint density at radius 2 is 2.11 bits per heavy atom. The lowest BCUT2D eigenvalue weighted by atomic mass is 9.94. The molecule has 100 valence electrons. The molecular formula is C12H20N4O2. The molecule has 1 saturated carbocycles. The molecule has 1 saturated heterocycles. The number of hydrogen-bond donors (Lipinski definition) is 2. The smallest absolute Gasteiger partial charge is 0.318 e. The fourth-order valence-electron chi connectivity index (χ4n) is 2.14. The van der Waals surface area contributed by atoms with Crippen LogP contribution in [0.1, 0.15) is 38.5 Å². The lowest BCUT2D eigenvalue weighted by Crippen LogP contribution is -2.42. The van der Waals surface area contributed by atoms with Crippen LogP contribution in [0.3, 0.4) is 0 Å². The van der Waals surface area contributed by atoms with Crippen molar-refractivity contribution in [2.75, 3.05) is 18.0 Å². The summed E-state index contributed by atoms with van der Waals surface area (Å²) in [6.45, 7) is 4.07. The van der Waals surface area contributed by atoms with E-state index >= 15 is 0 Å². The van der Waals surface area contributed by atoms with Gasteiger partial charge in [0, 0.05) is 19.1 Å². The highest BCUT2D eigenvalue weighted by atomic mass is 16.4. The molecule has 0 unspecified atom stereocenters. The van der Waals surface area contributed by atoms with Crippen LogP contribution in [0.4, 0.5) is 6.01 Å². The third kappa shape index (κ3) is 2.81. The highest BCUT2D eigenvalue weighted by Gasteiger charge is 2.29. The van der Waals surface area contributed by atoms with E-state index in [1.54, 1.807) is 0 Å². The zero-order chi connectivity index (χ0) is 12.6. The molecule has 0 spiro atoms. The third-order valence-electron chi connectivity index (χ3n) is 3.69. The van der Waals surface area contributed by atoms with Gasteiger partial charge in [-0.25, -0.2) is 0 Å². The van der Waals surface area contributed by atoms with E-state index in [-0.39, 0.29) is 0 Å². The predicted octanol–water partition coefficient (Wildman–Crippen LogP) is 0.673. The summed E-state index contributed by atoms with van der Waals surface area (Å²) in [5.74, 6) is 0.647. The molecule has 0 atom stereocenters. The number of aromatic nitrogens is 2. The van der Waals surface area contributed by atoms with E-state index in [4.69, 9.17) is 4.42 Å². The Hall–Kier alpha value is -1.14. The van der Waals surface area contributed by atoms with Crippen molar-refractivity contribution in [3.63, 3.8) is 0 Å². The fourth-order valence-corrected chi connectivity index (χ4v) is 2.14. The van der Waals surface area contributed by atoms with E-state index in [0.717, 1.165) is 25.9 Å². The summed E-state index contributed by atoms with van der Waals surface area (Å²) in [7, 11) is 0. The molecule has 2 fully saturated rings. The summed E-state index contributed by atoms with van der Waals surface area (Å²) in [6.07, 6.45) is 3.99. The fraction of sp³-hybridized carbons (Fsp3) is 0.833.